The van der Waals surface area contributed by atoms with Gasteiger partial charge in [-0.1, -0.05) is 12.1 Å². The molecule has 8 nitrogen and oxygen atoms in total. The largest absolute Gasteiger partial charge is 0.493 e. The molecule has 0 saturated carbocycles. The van der Waals surface area contributed by atoms with Crippen LogP contribution in [0.25, 0.3) is 0 Å². The SMILES string of the molecule is CCNC(=O)N1N=C(c2ccc(N3CCN(C)CC3)cc2)c2cc(OC)c(OC)cc2C[C@@H]1C. The van der Waals surface area contributed by atoms with Gasteiger partial charge in [0.2, 0.25) is 0 Å². The fourth-order valence-electron chi connectivity index (χ4n) is 4.56. The Kier molecular flexibility index (Phi) is 7.26. The number of hydrazone groups is 1. The first kappa shape index (κ1) is 23.9. The van der Waals surface area contributed by atoms with Gasteiger partial charge in [0.25, 0.3) is 0 Å². The number of ether oxygens (including phenoxy) is 2. The third kappa shape index (κ3) is 4.82. The van der Waals surface area contributed by atoms with Crippen molar-refractivity contribution in [3.63, 3.8) is 0 Å². The lowest BCUT2D eigenvalue weighted by atomic mass is 9.94. The average Bonchev–Trinajstić information content (AvgIpc) is 2.99. The average molecular weight is 466 g/mol. The van der Waals surface area contributed by atoms with Crippen molar-refractivity contribution in [3.8, 4) is 11.5 Å². The van der Waals surface area contributed by atoms with Crippen molar-refractivity contribution in [2.75, 3.05) is 58.9 Å². The molecule has 2 aromatic carbocycles. The van der Waals surface area contributed by atoms with Crippen molar-refractivity contribution in [2.24, 2.45) is 5.10 Å². The van der Waals surface area contributed by atoms with Crippen LogP contribution in [0, 0.1) is 0 Å². The third-order valence-electron chi connectivity index (χ3n) is 6.55. The van der Waals surface area contributed by atoms with Gasteiger partial charge in [0.05, 0.1) is 26.0 Å². The minimum atomic E-state index is -0.201. The predicted octanol–water partition coefficient (Wildman–Crippen LogP) is 3.18. The summed E-state index contributed by atoms with van der Waals surface area (Å²) in [4.78, 5) is 17.6. The topological polar surface area (TPSA) is 69.6 Å². The fraction of sp³-hybridized carbons (Fsp3) is 0.462. The molecule has 2 aromatic rings. The molecule has 4 rings (SSSR count). The number of anilines is 1. The van der Waals surface area contributed by atoms with Gasteiger partial charge in [-0.3, -0.25) is 0 Å². The van der Waals surface area contributed by atoms with Gasteiger partial charge in [0, 0.05) is 49.5 Å². The molecule has 0 bridgehead atoms. The molecule has 2 aliphatic heterocycles. The van der Waals surface area contributed by atoms with E-state index in [9.17, 15) is 4.79 Å². The van der Waals surface area contributed by atoms with Crippen LogP contribution < -0.4 is 19.7 Å². The number of benzene rings is 2. The number of hydrogen-bond donors (Lipinski definition) is 1. The van der Waals surface area contributed by atoms with Crippen molar-refractivity contribution in [3.05, 3.63) is 53.1 Å². The molecule has 0 aliphatic carbocycles. The van der Waals surface area contributed by atoms with E-state index in [0.29, 0.717) is 24.5 Å². The Morgan fingerprint density at radius 1 is 1.06 bits per heavy atom. The Hall–Kier alpha value is -3.26. The zero-order valence-corrected chi connectivity index (χ0v) is 20.8. The van der Waals surface area contributed by atoms with E-state index < -0.39 is 0 Å². The Balaban J connectivity index is 1.77. The molecule has 0 spiro atoms. The van der Waals surface area contributed by atoms with Crippen LogP contribution in [0.1, 0.15) is 30.5 Å². The van der Waals surface area contributed by atoms with Crippen LogP contribution in [0.4, 0.5) is 10.5 Å². The highest BCUT2D eigenvalue weighted by atomic mass is 16.5. The number of amides is 2. The van der Waals surface area contributed by atoms with Crippen LogP contribution in [0.2, 0.25) is 0 Å². The number of urea groups is 1. The van der Waals surface area contributed by atoms with Crippen molar-refractivity contribution in [1.82, 2.24) is 15.2 Å². The second-order valence-corrected chi connectivity index (χ2v) is 8.88. The summed E-state index contributed by atoms with van der Waals surface area (Å²) in [6, 6.07) is 12.1. The van der Waals surface area contributed by atoms with Crippen LogP contribution in [0.15, 0.2) is 41.5 Å². The maximum Gasteiger partial charge on any atom is 0.338 e. The third-order valence-corrected chi connectivity index (χ3v) is 6.55. The number of likely N-dealkylation sites (N-methyl/N-ethyl adjacent to an activating group) is 1. The fourth-order valence-corrected chi connectivity index (χ4v) is 4.56. The predicted molar refractivity (Wildman–Crippen MR) is 135 cm³/mol. The van der Waals surface area contributed by atoms with Gasteiger partial charge in [-0.25, -0.2) is 9.80 Å². The van der Waals surface area contributed by atoms with E-state index >= 15 is 0 Å². The molecule has 1 N–H and O–H groups in total. The number of nitrogens with zero attached hydrogens (tertiary/aromatic N) is 4. The minimum Gasteiger partial charge on any atom is -0.493 e. The van der Waals surface area contributed by atoms with E-state index in [-0.39, 0.29) is 12.1 Å². The van der Waals surface area contributed by atoms with Gasteiger partial charge in [-0.15, -0.1) is 0 Å². The molecule has 34 heavy (non-hydrogen) atoms. The Labute approximate surface area is 202 Å². The number of carbonyl (C=O) groups is 1. The Morgan fingerprint density at radius 2 is 1.71 bits per heavy atom. The molecule has 0 aromatic heterocycles. The molecular formula is C26H35N5O3. The van der Waals surface area contributed by atoms with E-state index in [1.165, 1.54) is 5.69 Å². The number of methoxy groups -OCH3 is 2. The first-order valence-corrected chi connectivity index (χ1v) is 11.9. The lowest BCUT2D eigenvalue weighted by molar-refractivity contribution is 0.183. The molecule has 1 atom stereocenters. The van der Waals surface area contributed by atoms with Gasteiger partial charge >= 0.3 is 6.03 Å². The summed E-state index contributed by atoms with van der Waals surface area (Å²) in [6.45, 7) is 8.61. The summed E-state index contributed by atoms with van der Waals surface area (Å²) in [6.07, 6.45) is 0.652. The molecule has 0 unspecified atom stereocenters. The number of nitrogens with one attached hydrogen (secondary N) is 1. The van der Waals surface area contributed by atoms with Crippen LogP contribution in [-0.2, 0) is 6.42 Å². The van der Waals surface area contributed by atoms with E-state index in [2.05, 4.69) is 46.4 Å². The van der Waals surface area contributed by atoms with E-state index in [1.54, 1.807) is 19.2 Å². The van der Waals surface area contributed by atoms with Gasteiger partial charge in [-0.05, 0) is 57.1 Å². The van der Waals surface area contributed by atoms with Crippen LogP contribution in [-0.4, -0.2) is 81.7 Å². The van der Waals surface area contributed by atoms with Crippen molar-refractivity contribution in [2.45, 2.75) is 26.3 Å². The standard InChI is InChI=1S/C26H35N5O3/c1-6-27-26(32)31-18(2)15-20-16-23(33-4)24(34-5)17-22(20)25(28-31)19-7-9-21(10-8-19)30-13-11-29(3)12-14-30/h7-10,16-18H,6,11-15H2,1-5H3,(H,27,32)/t18-/m0/s1. The van der Waals surface area contributed by atoms with Gasteiger partial charge in [0.1, 0.15) is 0 Å². The van der Waals surface area contributed by atoms with Gasteiger partial charge < -0.3 is 24.6 Å². The maximum absolute atomic E-state index is 12.9. The Bertz CT molecular complexity index is 1050. The maximum atomic E-state index is 12.9. The second kappa shape index (κ2) is 10.3. The number of rotatable bonds is 5. The molecule has 1 fully saturated rings. The first-order chi connectivity index (χ1) is 16.4. The normalized spacial score (nSPS) is 18.6. The molecule has 2 heterocycles. The summed E-state index contributed by atoms with van der Waals surface area (Å²) in [7, 11) is 5.43. The summed E-state index contributed by atoms with van der Waals surface area (Å²) in [5.41, 5.74) is 4.92. The molecule has 8 heteroatoms. The highest BCUT2D eigenvalue weighted by Gasteiger charge is 2.28. The van der Waals surface area contributed by atoms with Crippen LogP contribution in [0.5, 0.6) is 11.5 Å². The first-order valence-electron chi connectivity index (χ1n) is 11.9. The number of fused-ring (bicyclic) bond motifs is 1. The number of piperazine rings is 1. The van der Waals surface area contributed by atoms with Crippen LogP contribution >= 0.6 is 0 Å². The van der Waals surface area contributed by atoms with Crippen molar-refractivity contribution >= 4 is 17.4 Å². The summed E-state index contributed by atoms with van der Waals surface area (Å²) in [5.74, 6) is 1.31. The molecule has 2 amide bonds. The van der Waals surface area contributed by atoms with Crippen molar-refractivity contribution < 1.29 is 14.3 Å². The molecule has 2 aliphatic rings. The zero-order valence-electron chi connectivity index (χ0n) is 20.8. The molecule has 182 valence electrons. The summed E-state index contributed by atoms with van der Waals surface area (Å²) < 4.78 is 11.1. The van der Waals surface area contributed by atoms with Gasteiger partial charge in [-0.2, -0.15) is 5.10 Å². The van der Waals surface area contributed by atoms with Gasteiger partial charge in [0.15, 0.2) is 11.5 Å². The lowest BCUT2D eigenvalue weighted by Gasteiger charge is -2.34. The summed E-state index contributed by atoms with van der Waals surface area (Å²) in [5, 5.41) is 9.35. The van der Waals surface area contributed by atoms with Crippen LogP contribution in [0.3, 0.4) is 0 Å². The number of hydrogen-bond acceptors (Lipinski definition) is 6. The molecule has 0 radical (unpaired) electrons. The second-order valence-electron chi connectivity index (χ2n) is 8.88. The summed E-state index contributed by atoms with van der Waals surface area (Å²) >= 11 is 0. The number of carbonyl (C=O) groups excluding carboxylic acids is 1. The highest BCUT2D eigenvalue weighted by molar-refractivity contribution is 6.14. The molecular weight excluding hydrogens is 430 g/mol. The molecule has 1 saturated heterocycles. The van der Waals surface area contributed by atoms with E-state index in [4.69, 9.17) is 14.6 Å². The Morgan fingerprint density at radius 3 is 2.32 bits per heavy atom. The van der Waals surface area contributed by atoms with Crippen molar-refractivity contribution in [1.29, 1.82) is 0 Å². The quantitative estimate of drug-likeness (QED) is 0.735. The monoisotopic (exact) mass is 465 g/mol. The smallest absolute Gasteiger partial charge is 0.338 e. The zero-order chi connectivity index (χ0) is 24.2. The lowest BCUT2D eigenvalue weighted by Crippen LogP contribution is -2.44. The highest BCUT2D eigenvalue weighted by Crippen LogP contribution is 2.35. The minimum absolute atomic E-state index is 0.120. The van der Waals surface area contributed by atoms with E-state index in [1.807, 2.05) is 26.0 Å². The van der Waals surface area contributed by atoms with E-state index in [0.717, 1.165) is 48.6 Å².